The first-order chi connectivity index (χ1) is 22.7. The van der Waals surface area contributed by atoms with Crippen LogP contribution < -0.4 is 9.50 Å². The van der Waals surface area contributed by atoms with Crippen molar-refractivity contribution >= 4 is 22.1 Å². The number of fused-ring (bicyclic) bond motifs is 2. The molecule has 0 saturated carbocycles. The van der Waals surface area contributed by atoms with Crippen molar-refractivity contribution < 1.29 is 44.8 Å². The summed E-state index contributed by atoms with van der Waals surface area (Å²) in [7, 11) is -4.58. The number of methoxy groups -OCH3 is 1. The summed E-state index contributed by atoms with van der Waals surface area (Å²) in [4.78, 5) is 35.1. The van der Waals surface area contributed by atoms with E-state index in [2.05, 4.69) is 19.5 Å². The number of carbonyl (C=O) groups excluding carboxylic acids is 2. The van der Waals surface area contributed by atoms with Gasteiger partial charge in [0.2, 0.25) is 5.91 Å². The molecule has 48 heavy (non-hydrogen) atoms. The van der Waals surface area contributed by atoms with Crippen molar-refractivity contribution in [3.05, 3.63) is 59.5 Å². The predicted octanol–water partition coefficient (Wildman–Crippen LogP) is 5.62. The highest BCUT2D eigenvalue weighted by Crippen LogP contribution is 2.52. The Labute approximate surface area is 276 Å². The normalized spacial score (nSPS) is 21.5. The number of benzene rings is 2. The molecule has 1 spiro atoms. The number of ether oxygens (including phenoxy) is 2. The molecule has 0 bridgehead atoms. The second-order valence-electron chi connectivity index (χ2n) is 12.8. The van der Waals surface area contributed by atoms with Gasteiger partial charge in [-0.2, -0.15) is 21.6 Å². The van der Waals surface area contributed by atoms with Crippen molar-refractivity contribution in [2.24, 2.45) is 5.92 Å². The second-order valence-corrected chi connectivity index (χ2v) is 14.4. The van der Waals surface area contributed by atoms with Crippen LogP contribution in [-0.4, -0.2) is 73.7 Å². The Morgan fingerprint density at radius 2 is 1.85 bits per heavy atom. The lowest BCUT2D eigenvalue weighted by atomic mass is 9.77. The first kappa shape index (κ1) is 33.8. The second kappa shape index (κ2) is 12.7. The number of amides is 2. The van der Waals surface area contributed by atoms with Crippen LogP contribution in [0.2, 0.25) is 0 Å². The van der Waals surface area contributed by atoms with Gasteiger partial charge in [-0.25, -0.2) is 9.78 Å². The van der Waals surface area contributed by atoms with Crippen molar-refractivity contribution in [3.63, 3.8) is 0 Å². The van der Waals surface area contributed by atoms with Gasteiger partial charge in [0.25, 0.3) is 0 Å². The average Bonchev–Trinajstić information content (AvgIpc) is 3.87. The molecule has 2 aromatic carbocycles. The number of nitrogens with zero attached hydrogens (tertiary/aromatic N) is 2. The van der Waals surface area contributed by atoms with Crippen molar-refractivity contribution in [2.75, 3.05) is 26.9 Å². The van der Waals surface area contributed by atoms with Crippen LogP contribution in [0.25, 0.3) is 22.4 Å². The van der Waals surface area contributed by atoms with Crippen molar-refractivity contribution in [3.8, 4) is 28.1 Å². The molecule has 3 atom stereocenters. The van der Waals surface area contributed by atoms with E-state index in [4.69, 9.17) is 9.47 Å². The average molecular weight is 691 g/mol. The minimum Gasteiger partial charge on any atom is -0.453 e. The summed E-state index contributed by atoms with van der Waals surface area (Å²) in [6, 6.07) is 9.47. The zero-order valence-corrected chi connectivity index (χ0v) is 27.5. The number of imidazole rings is 1. The van der Waals surface area contributed by atoms with E-state index in [0.29, 0.717) is 56.8 Å². The topological polar surface area (TPSA) is 140 Å². The van der Waals surface area contributed by atoms with E-state index in [9.17, 15) is 31.2 Å². The molecular weight excluding hydrogens is 653 g/mol. The molecule has 1 unspecified atom stereocenters. The molecule has 2 N–H and O–H groups in total. The van der Waals surface area contributed by atoms with Gasteiger partial charge in [0.05, 0.1) is 31.6 Å². The highest BCUT2D eigenvalue weighted by atomic mass is 32.2. The Morgan fingerprint density at radius 1 is 1.12 bits per heavy atom. The molecule has 2 saturated heterocycles. The number of aromatic nitrogens is 2. The van der Waals surface area contributed by atoms with Crippen molar-refractivity contribution in [1.29, 1.82) is 0 Å². The Hall–Kier alpha value is -4.11. The van der Waals surface area contributed by atoms with Crippen LogP contribution in [0.1, 0.15) is 62.5 Å². The summed E-state index contributed by atoms with van der Waals surface area (Å²) in [6.07, 6.45) is 4.16. The van der Waals surface area contributed by atoms with Gasteiger partial charge in [0.15, 0.2) is 0 Å². The zero-order valence-electron chi connectivity index (χ0n) is 26.7. The third kappa shape index (κ3) is 6.13. The maximum atomic E-state index is 13.5. The monoisotopic (exact) mass is 690 g/mol. The van der Waals surface area contributed by atoms with Gasteiger partial charge in [0.1, 0.15) is 17.6 Å². The molecule has 15 heteroatoms. The molecule has 11 nitrogen and oxygen atoms in total. The number of nitrogens with one attached hydrogen (secondary N) is 2. The summed E-state index contributed by atoms with van der Waals surface area (Å²) < 4.78 is 78.4. The number of likely N-dealkylation sites (tertiary alicyclic amines) is 1. The lowest BCUT2D eigenvalue weighted by Gasteiger charge is -2.30. The molecular formula is C33H37F3N4O7S. The van der Waals surface area contributed by atoms with Gasteiger partial charge in [-0.3, -0.25) is 4.79 Å². The molecule has 2 amide bonds. The third-order valence-corrected chi connectivity index (χ3v) is 10.6. The quantitative estimate of drug-likeness (QED) is 0.229. The van der Waals surface area contributed by atoms with Gasteiger partial charge < -0.3 is 28.9 Å². The van der Waals surface area contributed by atoms with Gasteiger partial charge in [-0.15, -0.1) is 0 Å². The van der Waals surface area contributed by atoms with E-state index < -0.39 is 33.2 Å². The number of alkyl carbamates (subject to hydrolysis) is 1. The first-order valence-electron chi connectivity index (χ1n) is 15.8. The summed E-state index contributed by atoms with van der Waals surface area (Å²) in [5.41, 5.74) is -1.64. The van der Waals surface area contributed by atoms with Gasteiger partial charge in [-0.05, 0) is 66.3 Å². The van der Waals surface area contributed by atoms with Gasteiger partial charge >= 0.3 is 21.7 Å². The van der Waals surface area contributed by atoms with Crippen LogP contribution in [0, 0.1) is 5.92 Å². The number of alkyl halides is 3. The van der Waals surface area contributed by atoms with E-state index in [1.165, 1.54) is 13.2 Å². The van der Waals surface area contributed by atoms with E-state index in [-0.39, 0.29) is 23.6 Å². The fourth-order valence-electron chi connectivity index (χ4n) is 7.13. The Kier molecular flexibility index (Phi) is 8.96. The molecule has 0 radical (unpaired) electrons. The van der Waals surface area contributed by atoms with Crippen LogP contribution in [0.4, 0.5) is 18.0 Å². The molecule has 3 aromatic rings. The predicted molar refractivity (Wildman–Crippen MR) is 168 cm³/mol. The molecule has 3 heterocycles. The number of hydrogen-bond donors (Lipinski definition) is 2. The lowest BCUT2D eigenvalue weighted by Crippen LogP contribution is -2.51. The molecule has 1 aromatic heterocycles. The Bertz CT molecular complexity index is 1800. The zero-order chi connectivity index (χ0) is 34.4. The third-order valence-electron chi connectivity index (χ3n) is 9.59. The van der Waals surface area contributed by atoms with E-state index in [1.807, 2.05) is 38.1 Å². The number of hydrogen-bond acceptors (Lipinski definition) is 8. The molecule has 2 fully saturated rings. The van der Waals surface area contributed by atoms with Crippen LogP contribution >= 0.6 is 0 Å². The maximum absolute atomic E-state index is 13.5. The number of carbonyl (C=O) groups is 2. The highest BCUT2D eigenvalue weighted by Gasteiger charge is 2.50. The summed E-state index contributed by atoms with van der Waals surface area (Å²) in [5.74, 6) is -0.0364. The smallest absolute Gasteiger partial charge is 0.453 e. The largest absolute Gasteiger partial charge is 0.534 e. The molecule has 6 rings (SSSR count). The SMILES string of the molecule is COC(=O)N[C@H](C(=O)N1CCC[C@H]1c1ncc(-c2ccc(-c3ccc(OS(=O)(=O)C(F)(F)F)c4c3C3(CCOC3)CC4)cc2)[nH]1)C(C)C. The minimum atomic E-state index is -5.83. The lowest BCUT2D eigenvalue weighted by molar-refractivity contribution is -0.135. The molecule has 1 aliphatic carbocycles. The molecule has 3 aliphatic rings. The first-order valence-corrected chi connectivity index (χ1v) is 17.2. The van der Waals surface area contributed by atoms with E-state index in [0.717, 1.165) is 34.4 Å². The van der Waals surface area contributed by atoms with E-state index in [1.54, 1.807) is 17.2 Å². The van der Waals surface area contributed by atoms with Crippen LogP contribution in [0.15, 0.2) is 42.6 Å². The number of H-pyrrole nitrogens is 1. The molecule has 258 valence electrons. The summed E-state index contributed by atoms with van der Waals surface area (Å²) in [5, 5.41) is 2.65. The van der Waals surface area contributed by atoms with Crippen LogP contribution in [0.3, 0.4) is 0 Å². The van der Waals surface area contributed by atoms with E-state index >= 15 is 0 Å². The Balaban J connectivity index is 1.26. The number of rotatable bonds is 8. The maximum Gasteiger partial charge on any atom is 0.534 e. The standard InChI is InChI=1S/C33H37F3N4O7S/c1-19(2)28(39-31(42)45-3)30(41)40-15-4-5-25(40)29-37-17-24(38-29)21-8-6-20(7-9-21)22-10-11-26(47-48(43,44)33(34,35)36)23-12-13-32(27(22)23)14-16-46-18-32/h6-11,17,19,25,28H,4-5,12-16,18H2,1-3H3,(H,37,38)(H,39,42)/t25-,28-,32?/m0/s1. The highest BCUT2D eigenvalue weighted by molar-refractivity contribution is 7.88. The minimum absolute atomic E-state index is 0.155. The number of aromatic amines is 1. The van der Waals surface area contributed by atoms with Gasteiger partial charge in [0, 0.05) is 24.1 Å². The number of halogens is 3. The van der Waals surface area contributed by atoms with Crippen LogP contribution in [-0.2, 0) is 36.2 Å². The van der Waals surface area contributed by atoms with Crippen molar-refractivity contribution in [2.45, 2.75) is 69.0 Å². The molecule has 2 aliphatic heterocycles. The summed E-state index contributed by atoms with van der Waals surface area (Å²) in [6.45, 7) is 5.12. The fourth-order valence-corrected chi connectivity index (χ4v) is 7.62. The Morgan fingerprint density at radius 3 is 2.50 bits per heavy atom. The van der Waals surface area contributed by atoms with Crippen molar-refractivity contribution in [1.82, 2.24) is 20.2 Å². The van der Waals surface area contributed by atoms with Gasteiger partial charge in [-0.1, -0.05) is 44.2 Å². The summed E-state index contributed by atoms with van der Waals surface area (Å²) >= 11 is 0. The fraction of sp³-hybridized carbons (Fsp3) is 0.485. The van der Waals surface area contributed by atoms with Crippen LogP contribution in [0.5, 0.6) is 5.75 Å².